The smallest absolute Gasteiger partial charge is 0.410 e. The summed E-state index contributed by atoms with van der Waals surface area (Å²) in [4.78, 5) is 36.9. The third kappa shape index (κ3) is 5.09. The first kappa shape index (κ1) is 17.0. The lowest BCUT2D eigenvalue weighted by Gasteiger charge is -2.31. The number of likely N-dealkylation sites (tertiary alicyclic amines) is 1. The van der Waals surface area contributed by atoms with Crippen molar-refractivity contribution in [1.82, 2.24) is 4.90 Å². The van der Waals surface area contributed by atoms with Gasteiger partial charge in [-0.3, -0.25) is 9.59 Å². The van der Waals surface area contributed by atoms with Crippen LogP contribution in [-0.4, -0.2) is 42.9 Å². The standard InChI is InChI=1S/C17H21NO5/c1-22-16(20)10-15(19)14-8-5-9-18(11-14)17(21)23-12-13-6-3-2-4-7-13/h2-4,6-7,14H,5,8-12H2,1H3. The zero-order valence-electron chi connectivity index (χ0n) is 13.2. The fourth-order valence-electron chi connectivity index (χ4n) is 2.58. The Morgan fingerprint density at radius 1 is 1.22 bits per heavy atom. The SMILES string of the molecule is COC(=O)CC(=O)C1CCCN(C(=O)OCc2ccccc2)C1. The lowest BCUT2D eigenvalue weighted by atomic mass is 9.92. The molecule has 6 nitrogen and oxygen atoms in total. The summed E-state index contributed by atoms with van der Waals surface area (Å²) in [6.07, 6.45) is 0.731. The lowest BCUT2D eigenvalue weighted by molar-refractivity contribution is -0.144. The van der Waals surface area contributed by atoms with Gasteiger partial charge < -0.3 is 14.4 Å². The molecule has 6 heteroatoms. The van der Waals surface area contributed by atoms with E-state index in [4.69, 9.17) is 4.74 Å². The van der Waals surface area contributed by atoms with E-state index in [1.807, 2.05) is 30.3 Å². The second-order valence-corrected chi connectivity index (χ2v) is 5.54. The number of piperidine rings is 1. The molecule has 1 fully saturated rings. The number of benzene rings is 1. The van der Waals surface area contributed by atoms with Gasteiger partial charge in [0.15, 0.2) is 0 Å². The van der Waals surface area contributed by atoms with Crippen molar-refractivity contribution in [1.29, 1.82) is 0 Å². The van der Waals surface area contributed by atoms with Gasteiger partial charge in [0.2, 0.25) is 0 Å². The molecule has 0 aliphatic carbocycles. The summed E-state index contributed by atoms with van der Waals surface area (Å²) in [5, 5.41) is 0. The maximum absolute atomic E-state index is 12.1. The number of carbonyl (C=O) groups is 3. The summed E-state index contributed by atoms with van der Waals surface area (Å²) in [5.74, 6) is -1.05. The van der Waals surface area contributed by atoms with E-state index in [1.54, 1.807) is 0 Å². The van der Waals surface area contributed by atoms with Gasteiger partial charge in [0, 0.05) is 19.0 Å². The summed E-state index contributed by atoms with van der Waals surface area (Å²) in [6, 6.07) is 9.42. The topological polar surface area (TPSA) is 72.9 Å². The normalized spacial score (nSPS) is 17.4. The highest BCUT2D eigenvalue weighted by molar-refractivity contribution is 5.97. The first-order valence-electron chi connectivity index (χ1n) is 7.65. The Morgan fingerprint density at radius 3 is 2.65 bits per heavy atom. The fraction of sp³-hybridized carbons (Fsp3) is 0.471. The van der Waals surface area contributed by atoms with Gasteiger partial charge in [-0.1, -0.05) is 30.3 Å². The molecule has 1 aromatic rings. The maximum atomic E-state index is 12.1. The van der Waals surface area contributed by atoms with Crippen LogP contribution in [0.15, 0.2) is 30.3 Å². The molecule has 1 aromatic carbocycles. The van der Waals surface area contributed by atoms with Crippen molar-refractivity contribution in [3.63, 3.8) is 0 Å². The molecular weight excluding hydrogens is 298 g/mol. The van der Waals surface area contributed by atoms with E-state index < -0.39 is 12.1 Å². The largest absolute Gasteiger partial charge is 0.469 e. The van der Waals surface area contributed by atoms with E-state index in [2.05, 4.69) is 4.74 Å². The molecule has 0 saturated carbocycles. The van der Waals surface area contributed by atoms with Crippen LogP contribution < -0.4 is 0 Å². The molecule has 1 aliphatic rings. The van der Waals surface area contributed by atoms with E-state index >= 15 is 0 Å². The number of amides is 1. The molecule has 2 rings (SSSR count). The van der Waals surface area contributed by atoms with Gasteiger partial charge in [0.1, 0.15) is 18.8 Å². The van der Waals surface area contributed by atoms with Crippen molar-refractivity contribution in [3.05, 3.63) is 35.9 Å². The Hall–Kier alpha value is -2.37. The van der Waals surface area contributed by atoms with Gasteiger partial charge >= 0.3 is 12.1 Å². The zero-order valence-corrected chi connectivity index (χ0v) is 13.2. The molecule has 0 spiro atoms. The number of Topliss-reactive ketones (excluding diaryl/α,β-unsaturated/α-hetero) is 1. The predicted octanol–water partition coefficient (Wildman–Crippen LogP) is 2.17. The van der Waals surface area contributed by atoms with Crippen molar-refractivity contribution in [3.8, 4) is 0 Å². The molecule has 0 radical (unpaired) electrons. The van der Waals surface area contributed by atoms with Crippen molar-refractivity contribution >= 4 is 17.8 Å². The molecule has 1 amide bonds. The highest BCUT2D eigenvalue weighted by atomic mass is 16.6. The average molecular weight is 319 g/mol. The average Bonchev–Trinajstić information content (AvgIpc) is 2.60. The van der Waals surface area contributed by atoms with Gasteiger partial charge in [-0.05, 0) is 18.4 Å². The molecule has 23 heavy (non-hydrogen) atoms. The van der Waals surface area contributed by atoms with Crippen LogP contribution in [-0.2, 0) is 25.7 Å². The first-order chi connectivity index (χ1) is 11.1. The highest BCUT2D eigenvalue weighted by Gasteiger charge is 2.30. The van der Waals surface area contributed by atoms with Gasteiger partial charge in [0.05, 0.1) is 7.11 Å². The van der Waals surface area contributed by atoms with Crippen molar-refractivity contribution < 1.29 is 23.9 Å². The third-order valence-corrected chi connectivity index (χ3v) is 3.89. The summed E-state index contributed by atoms with van der Waals surface area (Å²) in [7, 11) is 1.25. The molecule has 0 aromatic heterocycles. The van der Waals surface area contributed by atoms with Crippen molar-refractivity contribution in [2.45, 2.75) is 25.9 Å². The van der Waals surface area contributed by atoms with E-state index in [0.29, 0.717) is 19.5 Å². The minimum atomic E-state index is -0.543. The molecule has 0 bridgehead atoms. The number of nitrogens with zero attached hydrogens (tertiary/aromatic N) is 1. The minimum absolute atomic E-state index is 0.183. The van der Waals surface area contributed by atoms with E-state index in [0.717, 1.165) is 12.0 Å². The number of ether oxygens (including phenoxy) is 2. The predicted molar refractivity (Wildman–Crippen MR) is 82.6 cm³/mol. The van der Waals surface area contributed by atoms with Gasteiger partial charge in [-0.15, -0.1) is 0 Å². The molecule has 1 atom stereocenters. The summed E-state index contributed by atoms with van der Waals surface area (Å²) < 4.78 is 9.79. The van der Waals surface area contributed by atoms with Gasteiger partial charge in [0.25, 0.3) is 0 Å². The number of ketones is 1. The molecule has 1 heterocycles. The number of methoxy groups -OCH3 is 1. The molecule has 124 valence electrons. The molecular formula is C17H21NO5. The molecule has 1 aliphatic heterocycles. The van der Waals surface area contributed by atoms with E-state index in [9.17, 15) is 14.4 Å². The lowest BCUT2D eigenvalue weighted by Crippen LogP contribution is -2.42. The van der Waals surface area contributed by atoms with Crippen LogP contribution in [0.4, 0.5) is 4.79 Å². The van der Waals surface area contributed by atoms with Crippen LogP contribution in [0.5, 0.6) is 0 Å². The Balaban J connectivity index is 1.84. The summed E-state index contributed by atoms with van der Waals surface area (Å²) in [5.41, 5.74) is 0.913. The van der Waals surface area contributed by atoms with Crippen LogP contribution in [0, 0.1) is 5.92 Å². The Morgan fingerprint density at radius 2 is 1.96 bits per heavy atom. The highest BCUT2D eigenvalue weighted by Crippen LogP contribution is 2.20. The summed E-state index contributed by atoms with van der Waals surface area (Å²) in [6.45, 7) is 1.07. The second-order valence-electron chi connectivity index (χ2n) is 5.54. The monoisotopic (exact) mass is 319 g/mol. The second kappa shape index (κ2) is 8.31. The van der Waals surface area contributed by atoms with Crippen LogP contribution in [0.3, 0.4) is 0 Å². The molecule has 1 unspecified atom stereocenters. The van der Waals surface area contributed by atoms with Crippen LogP contribution >= 0.6 is 0 Å². The zero-order chi connectivity index (χ0) is 16.7. The Labute approximate surface area is 135 Å². The Bertz CT molecular complexity index is 557. The maximum Gasteiger partial charge on any atom is 0.410 e. The first-order valence-corrected chi connectivity index (χ1v) is 7.65. The minimum Gasteiger partial charge on any atom is -0.469 e. The molecule has 1 saturated heterocycles. The number of hydrogen-bond donors (Lipinski definition) is 0. The third-order valence-electron chi connectivity index (χ3n) is 3.89. The van der Waals surface area contributed by atoms with Crippen LogP contribution in [0.25, 0.3) is 0 Å². The quantitative estimate of drug-likeness (QED) is 0.614. The number of carbonyl (C=O) groups excluding carboxylic acids is 3. The van der Waals surface area contributed by atoms with Crippen molar-refractivity contribution in [2.24, 2.45) is 5.92 Å². The van der Waals surface area contributed by atoms with E-state index in [-0.39, 0.29) is 24.7 Å². The number of hydrogen-bond acceptors (Lipinski definition) is 5. The summed E-state index contributed by atoms with van der Waals surface area (Å²) >= 11 is 0. The van der Waals surface area contributed by atoms with Gasteiger partial charge in [-0.25, -0.2) is 4.79 Å². The Kier molecular flexibility index (Phi) is 6.14. The van der Waals surface area contributed by atoms with E-state index in [1.165, 1.54) is 12.0 Å². The van der Waals surface area contributed by atoms with Crippen LogP contribution in [0.2, 0.25) is 0 Å². The fourth-order valence-corrected chi connectivity index (χ4v) is 2.58. The molecule has 0 N–H and O–H groups in total. The number of rotatable bonds is 5. The van der Waals surface area contributed by atoms with Gasteiger partial charge in [-0.2, -0.15) is 0 Å². The van der Waals surface area contributed by atoms with Crippen LogP contribution in [0.1, 0.15) is 24.8 Å². The van der Waals surface area contributed by atoms with Crippen molar-refractivity contribution in [2.75, 3.05) is 20.2 Å². The number of esters is 1.